The summed E-state index contributed by atoms with van der Waals surface area (Å²) in [5, 5.41) is 0. The highest BCUT2D eigenvalue weighted by molar-refractivity contribution is 5.77. The second-order valence-corrected chi connectivity index (χ2v) is 4.43. The summed E-state index contributed by atoms with van der Waals surface area (Å²) in [4.78, 5) is 12.8. The van der Waals surface area contributed by atoms with Crippen LogP contribution in [0.1, 0.15) is 12.0 Å². The normalized spacial score (nSPS) is 15.1. The molecule has 0 saturated heterocycles. The predicted octanol–water partition coefficient (Wildman–Crippen LogP) is 2.37. The number of halogens is 3. The van der Waals surface area contributed by atoms with Crippen molar-refractivity contribution in [1.29, 1.82) is 0 Å². The van der Waals surface area contributed by atoms with Crippen LogP contribution >= 0.6 is 0 Å². The van der Waals surface area contributed by atoms with Gasteiger partial charge < -0.3 is 14.4 Å². The second kappa shape index (κ2) is 5.60. The minimum absolute atomic E-state index is 0.105. The topological polar surface area (TPSA) is 38.8 Å². The summed E-state index contributed by atoms with van der Waals surface area (Å²) in [6.45, 7) is 0.393. The molecule has 2 rings (SSSR count). The molecular weight excluding hydrogens is 275 g/mol. The lowest BCUT2D eigenvalue weighted by molar-refractivity contribution is -0.161. The summed E-state index contributed by atoms with van der Waals surface area (Å²) in [5.74, 6) is 0.190. The number of alkyl halides is 3. The molecule has 1 aliphatic heterocycles. The first kappa shape index (κ1) is 14.5. The summed E-state index contributed by atoms with van der Waals surface area (Å²) < 4.78 is 47.3. The van der Waals surface area contributed by atoms with Gasteiger partial charge in [-0.25, -0.2) is 0 Å². The van der Waals surface area contributed by atoms with Crippen LogP contribution in [0.2, 0.25) is 0 Å². The van der Waals surface area contributed by atoms with Crippen LogP contribution in [0.5, 0.6) is 11.5 Å². The van der Waals surface area contributed by atoms with Crippen molar-refractivity contribution in [1.82, 2.24) is 4.90 Å². The SMILES string of the molecule is COc1ccc2c(c1)OCCN(C(=O)CC(F)(F)F)C2. The molecule has 0 atom stereocenters. The van der Waals surface area contributed by atoms with Gasteiger partial charge in [0.1, 0.15) is 24.5 Å². The number of nitrogens with zero attached hydrogens (tertiary/aromatic N) is 1. The Balaban J connectivity index is 2.14. The molecule has 7 heteroatoms. The van der Waals surface area contributed by atoms with Gasteiger partial charge >= 0.3 is 6.18 Å². The van der Waals surface area contributed by atoms with E-state index in [0.717, 1.165) is 4.90 Å². The quantitative estimate of drug-likeness (QED) is 0.839. The molecule has 4 nitrogen and oxygen atoms in total. The number of carbonyl (C=O) groups excluding carboxylic acids is 1. The molecule has 0 saturated carbocycles. The number of ether oxygens (including phenoxy) is 2. The molecule has 0 spiro atoms. The van der Waals surface area contributed by atoms with E-state index in [2.05, 4.69) is 0 Å². The molecule has 0 radical (unpaired) electrons. The smallest absolute Gasteiger partial charge is 0.397 e. The van der Waals surface area contributed by atoms with Gasteiger partial charge in [-0.2, -0.15) is 13.2 Å². The van der Waals surface area contributed by atoms with Gasteiger partial charge in [0.15, 0.2) is 0 Å². The van der Waals surface area contributed by atoms with E-state index in [1.54, 1.807) is 18.2 Å². The van der Waals surface area contributed by atoms with E-state index < -0.39 is 18.5 Å². The molecule has 0 bridgehead atoms. The summed E-state index contributed by atoms with van der Waals surface area (Å²) in [6.07, 6.45) is -5.94. The number of rotatable bonds is 2. The van der Waals surface area contributed by atoms with Gasteiger partial charge in [0.2, 0.25) is 5.91 Å². The van der Waals surface area contributed by atoms with E-state index in [-0.39, 0.29) is 19.7 Å². The van der Waals surface area contributed by atoms with Crippen LogP contribution in [0, 0.1) is 0 Å². The first-order valence-corrected chi connectivity index (χ1v) is 6.03. The minimum atomic E-state index is -4.49. The Labute approximate surface area is 114 Å². The zero-order chi connectivity index (χ0) is 14.8. The number of hydrogen-bond acceptors (Lipinski definition) is 3. The van der Waals surface area contributed by atoms with Crippen molar-refractivity contribution in [3.05, 3.63) is 23.8 Å². The number of carbonyl (C=O) groups is 1. The van der Waals surface area contributed by atoms with Crippen molar-refractivity contribution in [3.8, 4) is 11.5 Å². The van der Waals surface area contributed by atoms with Crippen LogP contribution in [0.3, 0.4) is 0 Å². The Bertz CT molecular complexity index is 502. The van der Waals surface area contributed by atoms with Crippen molar-refractivity contribution < 1.29 is 27.4 Å². The molecular formula is C13H14F3NO3. The lowest BCUT2D eigenvalue weighted by Crippen LogP contribution is -2.35. The lowest BCUT2D eigenvalue weighted by Gasteiger charge is -2.20. The molecule has 1 amide bonds. The van der Waals surface area contributed by atoms with Gasteiger partial charge in [0.05, 0.1) is 13.7 Å². The van der Waals surface area contributed by atoms with Crippen LogP contribution < -0.4 is 9.47 Å². The van der Waals surface area contributed by atoms with Crippen LogP contribution in [0.15, 0.2) is 18.2 Å². The van der Waals surface area contributed by atoms with E-state index >= 15 is 0 Å². The Kier molecular flexibility index (Phi) is 4.06. The zero-order valence-corrected chi connectivity index (χ0v) is 10.9. The van der Waals surface area contributed by atoms with Crippen LogP contribution in [-0.2, 0) is 11.3 Å². The second-order valence-electron chi connectivity index (χ2n) is 4.43. The first-order chi connectivity index (χ1) is 9.39. The van der Waals surface area contributed by atoms with Gasteiger partial charge in [0.25, 0.3) is 0 Å². The van der Waals surface area contributed by atoms with Gasteiger partial charge in [-0.15, -0.1) is 0 Å². The average molecular weight is 289 g/mol. The summed E-state index contributed by atoms with van der Waals surface area (Å²) in [7, 11) is 1.51. The van der Waals surface area contributed by atoms with E-state index in [4.69, 9.17) is 9.47 Å². The van der Waals surface area contributed by atoms with Crippen molar-refractivity contribution in [2.24, 2.45) is 0 Å². The number of amides is 1. The average Bonchev–Trinajstić information content (AvgIpc) is 2.57. The van der Waals surface area contributed by atoms with Crippen molar-refractivity contribution in [3.63, 3.8) is 0 Å². The molecule has 0 aliphatic carbocycles. The van der Waals surface area contributed by atoms with Crippen LogP contribution in [0.4, 0.5) is 13.2 Å². The maximum absolute atomic E-state index is 12.3. The lowest BCUT2D eigenvalue weighted by atomic mass is 10.1. The first-order valence-electron chi connectivity index (χ1n) is 6.03. The fourth-order valence-electron chi connectivity index (χ4n) is 1.97. The molecule has 1 aliphatic rings. The molecule has 1 aromatic rings. The Morgan fingerprint density at radius 2 is 2.20 bits per heavy atom. The molecule has 1 aromatic carbocycles. The molecule has 20 heavy (non-hydrogen) atoms. The molecule has 1 heterocycles. The summed E-state index contributed by atoms with van der Waals surface area (Å²) in [5.41, 5.74) is 0.666. The minimum Gasteiger partial charge on any atom is -0.497 e. The fraction of sp³-hybridized carbons (Fsp3) is 0.462. The molecule has 0 aromatic heterocycles. The number of benzene rings is 1. The van der Waals surface area contributed by atoms with Crippen LogP contribution in [0.25, 0.3) is 0 Å². The fourth-order valence-corrected chi connectivity index (χ4v) is 1.97. The molecule has 110 valence electrons. The Hall–Kier alpha value is -1.92. The van der Waals surface area contributed by atoms with Crippen LogP contribution in [-0.4, -0.2) is 37.2 Å². The zero-order valence-electron chi connectivity index (χ0n) is 10.9. The Morgan fingerprint density at radius 1 is 1.45 bits per heavy atom. The highest BCUT2D eigenvalue weighted by Crippen LogP contribution is 2.29. The van der Waals surface area contributed by atoms with Crippen molar-refractivity contribution >= 4 is 5.91 Å². The highest BCUT2D eigenvalue weighted by Gasteiger charge is 2.34. The predicted molar refractivity (Wildman–Crippen MR) is 64.6 cm³/mol. The van der Waals surface area contributed by atoms with Crippen molar-refractivity contribution in [2.45, 2.75) is 19.1 Å². The van der Waals surface area contributed by atoms with Gasteiger partial charge in [-0.3, -0.25) is 4.79 Å². The van der Waals surface area contributed by atoms with E-state index in [9.17, 15) is 18.0 Å². The Morgan fingerprint density at radius 3 is 2.85 bits per heavy atom. The molecule has 0 unspecified atom stereocenters. The molecule has 0 N–H and O–H groups in total. The third-order valence-corrected chi connectivity index (χ3v) is 2.96. The standard InChI is InChI=1S/C13H14F3NO3/c1-19-10-3-2-9-8-17(4-5-20-11(9)6-10)12(18)7-13(14,15)16/h2-3,6H,4-5,7-8H2,1H3. The van der Waals surface area contributed by atoms with Gasteiger partial charge in [0, 0.05) is 18.2 Å². The molecule has 0 fully saturated rings. The van der Waals surface area contributed by atoms with Gasteiger partial charge in [-0.1, -0.05) is 0 Å². The van der Waals surface area contributed by atoms with E-state index in [1.807, 2.05) is 0 Å². The third kappa shape index (κ3) is 3.55. The summed E-state index contributed by atoms with van der Waals surface area (Å²) in [6, 6.07) is 5.03. The monoisotopic (exact) mass is 289 g/mol. The summed E-state index contributed by atoms with van der Waals surface area (Å²) >= 11 is 0. The third-order valence-electron chi connectivity index (χ3n) is 2.96. The van der Waals surface area contributed by atoms with E-state index in [0.29, 0.717) is 17.1 Å². The largest absolute Gasteiger partial charge is 0.497 e. The van der Waals surface area contributed by atoms with Crippen molar-refractivity contribution in [2.75, 3.05) is 20.3 Å². The van der Waals surface area contributed by atoms with E-state index in [1.165, 1.54) is 7.11 Å². The highest BCUT2D eigenvalue weighted by atomic mass is 19.4. The maximum Gasteiger partial charge on any atom is 0.397 e. The van der Waals surface area contributed by atoms with Gasteiger partial charge in [-0.05, 0) is 12.1 Å². The maximum atomic E-state index is 12.3. The number of hydrogen-bond donors (Lipinski definition) is 0. The number of fused-ring (bicyclic) bond motifs is 1. The number of methoxy groups -OCH3 is 1.